The van der Waals surface area contributed by atoms with Gasteiger partial charge in [-0.2, -0.15) is 0 Å². The standard InChI is InChI=1S/C29H31N7O4/c1-20-4-6-21(7-5-20)27(37)35(3)29-31-25-18-22(8-9-24(25)32-33-29)40-23-10-11-30-26(19-23)28(38)34(2)12-13-36-14-16-39-17-15-36/h4-11,18-19H,12-17H2,1-3H3. The molecule has 0 N–H and O–H groups in total. The number of carbonyl (C=O) groups is 2. The summed E-state index contributed by atoms with van der Waals surface area (Å²) in [5, 5.41) is 8.34. The van der Waals surface area contributed by atoms with Crippen LogP contribution in [0.3, 0.4) is 0 Å². The molecule has 1 aliphatic heterocycles. The molecule has 5 rings (SSSR count). The van der Waals surface area contributed by atoms with Crippen LogP contribution in [0.1, 0.15) is 26.4 Å². The number of aromatic nitrogens is 4. The van der Waals surface area contributed by atoms with Crippen molar-refractivity contribution in [1.82, 2.24) is 30.0 Å². The topological polar surface area (TPSA) is 114 Å². The van der Waals surface area contributed by atoms with E-state index >= 15 is 0 Å². The maximum atomic E-state index is 13.0. The Kier molecular flexibility index (Phi) is 8.23. The van der Waals surface area contributed by atoms with E-state index in [-0.39, 0.29) is 17.8 Å². The second-order valence-electron chi connectivity index (χ2n) is 9.65. The molecule has 4 aromatic rings. The number of likely N-dealkylation sites (N-methyl/N-ethyl adjacent to an activating group) is 1. The van der Waals surface area contributed by atoms with Crippen LogP contribution in [0.25, 0.3) is 11.0 Å². The number of amides is 2. The Labute approximate surface area is 232 Å². The third kappa shape index (κ3) is 6.38. The average Bonchev–Trinajstić information content (AvgIpc) is 2.99. The van der Waals surface area contributed by atoms with Gasteiger partial charge in [-0.1, -0.05) is 17.7 Å². The van der Waals surface area contributed by atoms with Crippen molar-refractivity contribution in [3.63, 3.8) is 0 Å². The minimum Gasteiger partial charge on any atom is -0.457 e. The minimum absolute atomic E-state index is 0.173. The summed E-state index contributed by atoms with van der Waals surface area (Å²) < 4.78 is 11.4. The van der Waals surface area contributed by atoms with Crippen LogP contribution in [0.4, 0.5) is 5.95 Å². The zero-order chi connectivity index (χ0) is 28.1. The second kappa shape index (κ2) is 12.1. The zero-order valence-corrected chi connectivity index (χ0v) is 22.8. The zero-order valence-electron chi connectivity index (χ0n) is 22.8. The Morgan fingerprint density at radius 1 is 0.925 bits per heavy atom. The van der Waals surface area contributed by atoms with Gasteiger partial charge in [-0.3, -0.25) is 24.4 Å². The number of rotatable bonds is 8. The molecule has 0 bridgehead atoms. The highest BCUT2D eigenvalue weighted by atomic mass is 16.5. The van der Waals surface area contributed by atoms with Crippen molar-refractivity contribution in [2.45, 2.75) is 6.92 Å². The number of morpholine rings is 1. The summed E-state index contributed by atoms with van der Waals surface area (Å²) in [4.78, 5) is 40.0. The molecule has 0 aliphatic carbocycles. The van der Waals surface area contributed by atoms with E-state index in [4.69, 9.17) is 9.47 Å². The van der Waals surface area contributed by atoms with Gasteiger partial charge in [-0.05, 0) is 37.3 Å². The fraction of sp³-hybridized carbons (Fsp3) is 0.310. The predicted octanol–water partition coefficient (Wildman–Crippen LogP) is 3.20. The minimum atomic E-state index is -0.238. The molecule has 1 aliphatic rings. The summed E-state index contributed by atoms with van der Waals surface area (Å²) in [5.74, 6) is 0.717. The van der Waals surface area contributed by atoms with Gasteiger partial charge in [0.1, 0.15) is 22.7 Å². The molecule has 0 unspecified atom stereocenters. The van der Waals surface area contributed by atoms with Crippen LogP contribution in [0.5, 0.6) is 11.5 Å². The van der Waals surface area contributed by atoms with Crippen LogP contribution < -0.4 is 9.64 Å². The van der Waals surface area contributed by atoms with Crippen molar-refractivity contribution in [1.29, 1.82) is 0 Å². The van der Waals surface area contributed by atoms with Crippen LogP contribution in [0, 0.1) is 6.92 Å². The Balaban J connectivity index is 1.27. The molecule has 0 radical (unpaired) electrons. The number of hydrogen-bond acceptors (Lipinski definition) is 9. The van der Waals surface area contributed by atoms with Crippen molar-refractivity contribution in [3.05, 3.63) is 77.6 Å². The predicted molar refractivity (Wildman–Crippen MR) is 150 cm³/mol. The van der Waals surface area contributed by atoms with Gasteiger partial charge in [0.15, 0.2) is 0 Å². The number of pyridine rings is 1. The number of fused-ring (bicyclic) bond motifs is 1. The van der Waals surface area contributed by atoms with E-state index in [9.17, 15) is 9.59 Å². The van der Waals surface area contributed by atoms with Gasteiger partial charge in [0.05, 0.1) is 18.7 Å². The molecule has 11 heteroatoms. The number of hydrogen-bond donors (Lipinski definition) is 0. The van der Waals surface area contributed by atoms with Crippen molar-refractivity contribution in [2.24, 2.45) is 0 Å². The van der Waals surface area contributed by atoms with Crippen LogP contribution in [-0.4, -0.2) is 95.3 Å². The number of aryl methyl sites for hydroxylation is 1. The Morgan fingerprint density at radius 2 is 1.68 bits per heavy atom. The first-order chi connectivity index (χ1) is 19.4. The fourth-order valence-electron chi connectivity index (χ4n) is 4.23. The average molecular weight is 542 g/mol. The lowest BCUT2D eigenvalue weighted by atomic mass is 10.1. The molecule has 1 fully saturated rings. The van der Waals surface area contributed by atoms with E-state index in [1.807, 2.05) is 19.1 Å². The van der Waals surface area contributed by atoms with Crippen molar-refractivity contribution < 1.29 is 19.1 Å². The smallest absolute Gasteiger partial charge is 0.272 e. The maximum Gasteiger partial charge on any atom is 0.272 e. The van der Waals surface area contributed by atoms with E-state index in [2.05, 4.69) is 25.1 Å². The number of nitrogens with zero attached hydrogens (tertiary/aromatic N) is 7. The fourth-order valence-corrected chi connectivity index (χ4v) is 4.23. The normalized spacial score (nSPS) is 13.7. The summed E-state index contributed by atoms with van der Waals surface area (Å²) in [5.41, 5.74) is 2.96. The Morgan fingerprint density at radius 3 is 2.45 bits per heavy atom. The summed E-state index contributed by atoms with van der Waals surface area (Å²) in [6.45, 7) is 6.52. The number of ether oxygens (including phenoxy) is 2. The van der Waals surface area contributed by atoms with E-state index in [0.29, 0.717) is 40.3 Å². The van der Waals surface area contributed by atoms with E-state index in [1.165, 1.54) is 4.90 Å². The highest BCUT2D eigenvalue weighted by Gasteiger charge is 2.18. The van der Waals surface area contributed by atoms with Gasteiger partial charge in [0.25, 0.3) is 17.8 Å². The van der Waals surface area contributed by atoms with E-state index in [0.717, 1.165) is 38.4 Å². The van der Waals surface area contributed by atoms with Gasteiger partial charge >= 0.3 is 0 Å². The maximum absolute atomic E-state index is 13.0. The Hall–Kier alpha value is -4.48. The third-order valence-electron chi connectivity index (χ3n) is 6.71. The molecule has 3 heterocycles. The van der Waals surface area contributed by atoms with Gasteiger partial charge < -0.3 is 14.4 Å². The van der Waals surface area contributed by atoms with E-state index in [1.54, 1.807) is 67.7 Å². The second-order valence-corrected chi connectivity index (χ2v) is 9.65. The largest absolute Gasteiger partial charge is 0.457 e. The molecule has 0 atom stereocenters. The first kappa shape index (κ1) is 27.1. The van der Waals surface area contributed by atoms with Gasteiger partial charge in [0, 0.05) is 64.2 Å². The highest BCUT2D eigenvalue weighted by Crippen LogP contribution is 2.25. The van der Waals surface area contributed by atoms with Crippen molar-refractivity contribution in [3.8, 4) is 11.5 Å². The van der Waals surface area contributed by atoms with Crippen molar-refractivity contribution in [2.75, 3.05) is 58.4 Å². The number of carbonyl (C=O) groups excluding carboxylic acids is 2. The van der Waals surface area contributed by atoms with Crippen LogP contribution in [0.2, 0.25) is 0 Å². The Bertz CT molecular complexity index is 1510. The number of anilines is 1. The molecule has 2 aromatic heterocycles. The van der Waals surface area contributed by atoms with Gasteiger partial charge in [-0.15, -0.1) is 10.2 Å². The lowest BCUT2D eigenvalue weighted by molar-refractivity contribution is 0.0337. The molecule has 11 nitrogen and oxygen atoms in total. The monoisotopic (exact) mass is 541 g/mol. The molecule has 206 valence electrons. The first-order valence-electron chi connectivity index (χ1n) is 13.1. The molecular weight excluding hydrogens is 510 g/mol. The SMILES string of the molecule is Cc1ccc(C(=O)N(C)c2nnc3ccc(Oc4ccnc(C(=O)N(C)CCN5CCOCC5)c4)cc3n2)cc1. The summed E-state index contributed by atoms with van der Waals surface area (Å²) in [6, 6.07) is 15.8. The molecule has 0 saturated carbocycles. The van der Waals surface area contributed by atoms with Crippen LogP contribution in [-0.2, 0) is 4.74 Å². The summed E-state index contributed by atoms with van der Waals surface area (Å²) >= 11 is 0. The third-order valence-corrected chi connectivity index (χ3v) is 6.71. The molecular formula is C29H31N7O4. The highest BCUT2D eigenvalue weighted by molar-refractivity contribution is 6.05. The van der Waals surface area contributed by atoms with Gasteiger partial charge in [0.2, 0.25) is 0 Å². The quantitative estimate of drug-likeness (QED) is 0.332. The molecule has 40 heavy (non-hydrogen) atoms. The van der Waals surface area contributed by atoms with E-state index < -0.39 is 0 Å². The summed E-state index contributed by atoms with van der Waals surface area (Å²) in [6.07, 6.45) is 1.55. The van der Waals surface area contributed by atoms with Crippen molar-refractivity contribution >= 4 is 28.8 Å². The lowest BCUT2D eigenvalue weighted by Gasteiger charge is -2.28. The molecule has 0 spiro atoms. The molecule has 1 saturated heterocycles. The number of benzene rings is 2. The molecule has 2 amide bonds. The molecule has 2 aromatic carbocycles. The van der Waals surface area contributed by atoms with Gasteiger partial charge in [-0.25, -0.2) is 4.98 Å². The van der Waals surface area contributed by atoms with Crippen LogP contribution in [0.15, 0.2) is 60.8 Å². The summed E-state index contributed by atoms with van der Waals surface area (Å²) in [7, 11) is 3.38. The van der Waals surface area contributed by atoms with Crippen LogP contribution >= 0.6 is 0 Å². The lowest BCUT2D eigenvalue weighted by Crippen LogP contribution is -2.42. The first-order valence-corrected chi connectivity index (χ1v) is 13.1.